The molecule has 3 rings (SSSR count). The fraction of sp³-hybridized carbons (Fsp3) is 0.355. The third-order valence-electron chi connectivity index (χ3n) is 6.68. The van der Waals surface area contributed by atoms with E-state index in [-0.39, 0.29) is 49.9 Å². The van der Waals surface area contributed by atoms with Gasteiger partial charge in [-0.3, -0.25) is 13.9 Å². The van der Waals surface area contributed by atoms with E-state index in [2.05, 4.69) is 21.2 Å². The molecule has 0 spiro atoms. The van der Waals surface area contributed by atoms with Gasteiger partial charge in [0.15, 0.2) is 0 Å². The Balaban J connectivity index is 1.89. The number of nitrogens with zero attached hydrogens (tertiary/aromatic N) is 2. The summed E-state index contributed by atoms with van der Waals surface area (Å²) in [6.07, 6.45) is -2.88. The highest BCUT2D eigenvalue weighted by Gasteiger charge is 2.32. The quantitative estimate of drug-likeness (QED) is 0.220. The molecule has 1 atom stereocenters. The number of carbonyl (C=O) groups is 2. The molecule has 3 aromatic carbocycles. The smallest absolute Gasteiger partial charge is 0.354 e. The van der Waals surface area contributed by atoms with E-state index < -0.39 is 27.8 Å². The van der Waals surface area contributed by atoms with Crippen molar-refractivity contribution in [2.45, 2.75) is 51.4 Å². The van der Waals surface area contributed by atoms with Gasteiger partial charge >= 0.3 is 6.18 Å². The first-order valence-corrected chi connectivity index (χ1v) is 16.4. The van der Waals surface area contributed by atoms with E-state index in [0.29, 0.717) is 13.0 Å². The number of carbonyl (C=O) groups excluding carboxylic acids is 2. The van der Waals surface area contributed by atoms with Crippen molar-refractivity contribution in [3.63, 3.8) is 0 Å². The molecule has 0 saturated heterocycles. The molecular weight excluding hydrogens is 647 g/mol. The fourth-order valence-electron chi connectivity index (χ4n) is 4.59. The minimum absolute atomic E-state index is 0.0196. The zero-order chi connectivity index (χ0) is 31.6. The normalized spacial score (nSPS) is 12.4. The van der Waals surface area contributed by atoms with Gasteiger partial charge in [0.25, 0.3) is 0 Å². The number of rotatable bonds is 14. The van der Waals surface area contributed by atoms with Crippen LogP contribution in [0.3, 0.4) is 0 Å². The minimum atomic E-state index is -4.64. The van der Waals surface area contributed by atoms with Gasteiger partial charge in [-0.25, -0.2) is 8.42 Å². The molecule has 43 heavy (non-hydrogen) atoms. The molecule has 3 aromatic rings. The van der Waals surface area contributed by atoms with Gasteiger partial charge in [-0.1, -0.05) is 71.4 Å². The van der Waals surface area contributed by atoms with Gasteiger partial charge in [-0.05, 0) is 54.3 Å². The van der Waals surface area contributed by atoms with Gasteiger partial charge in [-0.15, -0.1) is 0 Å². The van der Waals surface area contributed by atoms with E-state index in [4.69, 9.17) is 0 Å². The molecule has 7 nitrogen and oxygen atoms in total. The van der Waals surface area contributed by atoms with Gasteiger partial charge in [-0.2, -0.15) is 13.2 Å². The van der Waals surface area contributed by atoms with Crippen LogP contribution in [-0.2, 0) is 38.8 Å². The maximum atomic E-state index is 13.8. The second kappa shape index (κ2) is 15.4. The summed E-state index contributed by atoms with van der Waals surface area (Å²) in [5.74, 6) is -0.694. The number of amides is 2. The van der Waals surface area contributed by atoms with Gasteiger partial charge in [0.05, 0.1) is 17.5 Å². The first-order chi connectivity index (χ1) is 20.3. The Hall–Kier alpha value is -3.38. The van der Waals surface area contributed by atoms with Gasteiger partial charge < -0.3 is 10.2 Å². The van der Waals surface area contributed by atoms with E-state index in [9.17, 15) is 31.2 Å². The van der Waals surface area contributed by atoms with Crippen LogP contribution in [0, 0.1) is 0 Å². The molecule has 0 bridgehead atoms. The van der Waals surface area contributed by atoms with Crippen LogP contribution in [0.5, 0.6) is 0 Å². The predicted molar refractivity (Wildman–Crippen MR) is 165 cm³/mol. The lowest BCUT2D eigenvalue weighted by atomic mass is 10.0. The highest BCUT2D eigenvalue weighted by atomic mass is 79.9. The van der Waals surface area contributed by atoms with Crippen molar-refractivity contribution >= 4 is 43.5 Å². The standard InChI is InChI=1S/C31H35BrF3N3O4S/c1-3-17-36-30(40)28(20-23-10-5-4-6-11-23)37(22-24-12-7-14-26(32)19-24)29(39)16-9-18-38(43(2,41)42)27-15-8-13-25(21-27)31(33,34)35/h4-8,10-15,19,21,28H,3,9,16-18,20,22H2,1-2H3,(H,36,40). The van der Waals surface area contributed by atoms with Crippen LogP contribution in [0.1, 0.15) is 42.9 Å². The fourth-order valence-corrected chi connectivity index (χ4v) is 6.00. The van der Waals surface area contributed by atoms with Crippen molar-refractivity contribution in [3.05, 3.63) is 100 Å². The van der Waals surface area contributed by atoms with Crippen LogP contribution in [0.25, 0.3) is 0 Å². The molecule has 0 aliphatic heterocycles. The van der Waals surface area contributed by atoms with Gasteiger partial charge in [0.1, 0.15) is 6.04 Å². The molecule has 2 amide bonds. The lowest BCUT2D eigenvalue weighted by Crippen LogP contribution is -2.50. The topological polar surface area (TPSA) is 86.8 Å². The number of anilines is 1. The molecule has 1 N–H and O–H groups in total. The number of hydrogen-bond donors (Lipinski definition) is 1. The number of halogens is 4. The molecule has 232 valence electrons. The Morgan fingerprint density at radius 1 is 0.953 bits per heavy atom. The number of benzene rings is 3. The summed E-state index contributed by atoms with van der Waals surface area (Å²) < 4.78 is 66.7. The summed E-state index contributed by atoms with van der Waals surface area (Å²) in [6, 6.07) is 19.9. The van der Waals surface area contributed by atoms with Crippen molar-refractivity contribution in [3.8, 4) is 0 Å². The third-order valence-corrected chi connectivity index (χ3v) is 8.36. The molecule has 0 aromatic heterocycles. The van der Waals surface area contributed by atoms with Crippen LogP contribution in [0.15, 0.2) is 83.3 Å². The lowest BCUT2D eigenvalue weighted by molar-refractivity contribution is -0.141. The number of nitrogens with one attached hydrogen (secondary N) is 1. The van der Waals surface area contributed by atoms with Crippen LogP contribution in [-0.4, -0.2) is 50.5 Å². The van der Waals surface area contributed by atoms with E-state index in [0.717, 1.165) is 44.4 Å². The molecule has 0 fully saturated rings. The SMILES string of the molecule is CCCNC(=O)C(Cc1ccccc1)N(Cc1cccc(Br)c1)C(=O)CCCN(c1cccc(C(F)(F)F)c1)S(C)(=O)=O. The van der Waals surface area contributed by atoms with E-state index in [1.807, 2.05) is 61.5 Å². The van der Waals surface area contributed by atoms with Crippen LogP contribution in [0.4, 0.5) is 18.9 Å². The summed E-state index contributed by atoms with van der Waals surface area (Å²) in [5.41, 5.74) is 0.526. The summed E-state index contributed by atoms with van der Waals surface area (Å²) in [6.45, 7) is 2.26. The van der Waals surface area contributed by atoms with E-state index in [1.165, 1.54) is 11.0 Å². The monoisotopic (exact) mass is 681 g/mol. The van der Waals surface area contributed by atoms with Crippen molar-refractivity contribution in [2.75, 3.05) is 23.7 Å². The molecule has 0 aliphatic carbocycles. The molecule has 0 radical (unpaired) electrons. The number of alkyl halides is 3. The van der Waals surface area contributed by atoms with Crippen molar-refractivity contribution in [1.82, 2.24) is 10.2 Å². The third kappa shape index (κ3) is 10.4. The van der Waals surface area contributed by atoms with E-state index >= 15 is 0 Å². The van der Waals surface area contributed by atoms with E-state index in [1.54, 1.807) is 0 Å². The minimum Gasteiger partial charge on any atom is -0.354 e. The zero-order valence-electron chi connectivity index (χ0n) is 24.0. The average molecular weight is 683 g/mol. The molecule has 1 unspecified atom stereocenters. The molecule has 0 aliphatic rings. The Morgan fingerprint density at radius 2 is 1.63 bits per heavy atom. The molecule has 0 saturated carbocycles. The average Bonchev–Trinajstić information content (AvgIpc) is 2.95. The van der Waals surface area contributed by atoms with Crippen molar-refractivity contribution in [2.24, 2.45) is 0 Å². The Bertz CT molecular complexity index is 1490. The highest BCUT2D eigenvalue weighted by molar-refractivity contribution is 9.10. The van der Waals surface area contributed by atoms with Gasteiger partial charge in [0, 0.05) is 36.9 Å². The largest absolute Gasteiger partial charge is 0.416 e. The number of hydrogen-bond acceptors (Lipinski definition) is 4. The molecular formula is C31H35BrF3N3O4S. The Kier molecular flexibility index (Phi) is 12.2. The first-order valence-electron chi connectivity index (χ1n) is 13.8. The first kappa shape index (κ1) is 34.1. The summed E-state index contributed by atoms with van der Waals surface area (Å²) in [4.78, 5) is 28.7. The van der Waals surface area contributed by atoms with Crippen LogP contribution >= 0.6 is 15.9 Å². The maximum absolute atomic E-state index is 13.8. The molecule has 0 heterocycles. The Labute approximate surface area is 259 Å². The van der Waals surface area contributed by atoms with Crippen LogP contribution < -0.4 is 9.62 Å². The number of sulfonamides is 1. The zero-order valence-corrected chi connectivity index (χ0v) is 26.4. The van der Waals surface area contributed by atoms with Gasteiger partial charge in [0.2, 0.25) is 21.8 Å². The second-order valence-corrected chi connectivity index (χ2v) is 13.0. The highest BCUT2D eigenvalue weighted by Crippen LogP contribution is 2.32. The maximum Gasteiger partial charge on any atom is 0.416 e. The van der Waals surface area contributed by atoms with Crippen molar-refractivity contribution in [1.29, 1.82) is 0 Å². The van der Waals surface area contributed by atoms with Crippen molar-refractivity contribution < 1.29 is 31.2 Å². The second-order valence-electron chi connectivity index (χ2n) is 10.1. The summed E-state index contributed by atoms with van der Waals surface area (Å²) in [5, 5.41) is 2.90. The summed E-state index contributed by atoms with van der Waals surface area (Å²) >= 11 is 3.44. The lowest BCUT2D eigenvalue weighted by Gasteiger charge is -2.32. The molecule has 12 heteroatoms. The predicted octanol–water partition coefficient (Wildman–Crippen LogP) is 6.18. The van der Waals surface area contributed by atoms with Crippen LogP contribution in [0.2, 0.25) is 0 Å². The Morgan fingerprint density at radius 3 is 2.26 bits per heavy atom. The summed E-state index contributed by atoms with van der Waals surface area (Å²) in [7, 11) is -3.96.